The van der Waals surface area contributed by atoms with Crippen LogP contribution in [0.5, 0.6) is 0 Å². The summed E-state index contributed by atoms with van der Waals surface area (Å²) in [6.45, 7) is 0. The van der Waals surface area contributed by atoms with Crippen molar-refractivity contribution in [2.24, 2.45) is 11.7 Å². The van der Waals surface area contributed by atoms with E-state index in [4.69, 9.17) is 22.4 Å². The van der Waals surface area contributed by atoms with Gasteiger partial charge >= 0.3 is 5.97 Å². The average Bonchev–Trinajstić information content (AvgIpc) is 2.79. The fourth-order valence-corrected chi connectivity index (χ4v) is 2.65. The van der Waals surface area contributed by atoms with Crippen LogP contribution < -0.4 is 11.1 Å². The van der Waals surface area contributed by atoms with E-state index in [-0.39, 0.29) is 6.04 Å². The molecule has 0 aromatic heterocycles. The summed E-state index contributed by atoms with van der Waals surface area (Å²) in [5, 5.41) is 12.6. The zero-order valence-electron chi connectivity index (χ0n) is 10.2. The highest BCUT2D eigenvalue weighted by Crippen LogP contribution is 2.31. The van der Waals surface area contributed by atoms with E-state index in [2.05, 4.69) is 5.32 Å². The van der Waals surface area contributed by atoms with E-state index in [0.29, 0.717) is 22.7 Å². The summed E-state index contributed by atoms with van der Waals surface area (Å²) in [6, 6.07) is 4.58. The van der Waals surface area contributed by atoms with Crippen LogP contribution in [-0.4, -0.2) is 23.0 Å². The lowest BCUT2D eigenvalue weighted by atomic mass is 10.0. The van der Waals surface area contributed by atoms with E-state index in [0.717, 1.165) is 12.8 Å². The van der Waals surface area contributed by atoms with E-state index >= 15 is 0 Å². The first-order chi connectivity index (χ1) is 8.99. The van der Waals surface area contributed by atoms with Crippen molar-refractivity contribution in [2.75, 3.05) is 5.32 Å². The van der Waals surface area contributed by atoms with Crippen LogP contribution in [0.1, 0.15) is 29.6 Å². The second-order valence-electron chi connectivity index (χ2n) is 4.69. The molecule has 2 rings (SSSR count). The molecule has 102 valence electrons. The number of carboxylic acids is 1. The largest absolute Gasteiger partial charge is 0.481 e. The number of halogens is 1. The summed E-state index contributed by atoms with van der Waals surface area (Å²) in [4.78, 5) is 22.1. The number of carboxylic acid groups (broad SMARTS) is 1. The van der Waals surface area contributed by atoms with Gasteiger partial charge in [0.15, 0.2) is 0 Å². The second kappa shape index (κ2) is 5.48. The fraction of sp³-hybridized carbons (Fsp3) is 0.385. The smallest absolute Gasteiger partial charge is 0.308 e. The van der Waals surface area contributed by atoms with Crippen LogP contribution in [0.25, 0.3) is 0 Å². The van der Waals surface area contributed by atoms with Crippen LogP contribution in [0.3, 0.4) is 0 Å². The van der Waals surface area contributed by atoms with Crippen LogP contribution >= 0.6 is 11.6 Å². The van der Waals surface area contributed by atoms with Crippen LogP contribution in [0.4, 0.5) is 5.69 Å². The predicted octanol–water partition coefficient (Wildman–Crippen LogP) is 2.10. The van der Waals surface area contributed by atoms with Crippen molar-refractivity contribution < 1.29 is 14.7 Å². The monoisotopic (exact) mass is 282 g/mol. The molecule has 1 amide bonds. The maximum Gasteiger partial charge on any atom is 0.308 e. The van der Waals surface area contributed by atoms with Crippen molar-refractivity contribution in [1.82, 2.24) is 0 Å². The lowest BCUT2D eigenvalue weighted by molar-refractivity contribution is -0.141. The molecule has 0 spiro atoms. The van der Waals surface area contributed by atoms with Crippen molar-refractivity contribution >= 4 is 29.2 Å². The molecular formula is C13H15ClN2O3. The molecule has 0 heterocycles. The summed E-state index contributed by atoms with van der Waals surface area (Å²) >= 11 is 6.06. The van der Waals surface area contributed by atoms with Crippen LogP contribution in [0, 0.1) is 5.92 Å². The molecule has 2 atom stereocenters. The summed E-state index contributed by atoms with van der Waals surface area (Å²) in [6.07, 6.45) is 2.35. The number of rotatable bonds is 4. The Bertz CT molecular complexity index is 519. The number of carbonyl (C=O) groups is 2. The Morgan fingerprint density at radius 3 is 2.68 bits per heavy atom. The van der Waals surface area contributed by atoms with E-state index in [1.54, 1.807) is 12.1 Å². The molecule has 1 aliphatic carbocycles. The van der Waals surface area contributed by atoms with E-state index < -0.39 is 17.8 Å². The number of nitrogens with two attached hydrogens (primary N) is 1. The number of primary amides is 1. The molecule has 0 aliphatic heterocycles. The minimum absolute atomic E-state index is 0.130. The molecule has 1 aromatic rings. The number of nitrogens with one attached hydrogen (secondary N) is 1. The highest BCUT2D eigenvalue weighted by Gasteiger charge is 2.33. The Balaban J connectivity index is 2.15. The fourth-order valence-electron chi connectivity index (χ4n) is 2.41. The molecule has 0 saturated heterocycles. The molecule has 4 N–H and O–H groups in total. The second-order valence-corrected chi connectivity index (χ2v) is 5.09. The normalized spacial score (nSPS) is 22.2. The van der Waals surface area contributed by atoms with Crippen molar-refractivity contribution in [1.29, 1.82) is 0 Å². The van der Waals surface area contributed by atoms with E-state index in [9.17, 15) is 9.59 Å². The molecule has 1 fully saturated rings. The molecule has 0 bridgehead atoms. The molecule has 6 heteroatoms. The predicted molar refractivity (Wildman–Crippen MR) is 72.4 cm³/mol. The minimum Gasteiger partial charge on any atom is -0.481 e. The highest BCUT2D eigenvalue weighted by atomic mass is 35.5. The van der Waals surface area contributed by atoms with Gasteiger partial charge < -0.3 is 16.2 Å². The SMILES string of the molecule is NC(=O)c1ccc(NC2CCCC2C(=O)O)c(Cl)c1. The number of hydrogen-bond acceptors (Lipinski definition) is 3. The molecule has 0 radical (unpaired) electrons. The van der Waals surface area contributed by atoms with E-state index in [1.165, 1.54) is 6.07 Å². The number of hydrogen-bond donors (Lipinski definition) is 3. The first kappa shape index (κ1) is 13.7. The van der Waals surface area contributed by atoms with Crippen LogP contribution in [0.15, 0.2) is 18.2 Å². The number of amides is 1. The Hall–Kier alpha value is -1.75. The van der Waals surface area contributed by atoms with Crippen molar-refractivity contribution in [3.8, 4) is 0 Å². The molecule has 19 heavy (non-hydrogen) atoms. The van der Waals surface area contributed by atoms with Crippen LogP contribution in [0.2, 0.25) is 5.02 Å². The lowest BCUT2D eigenvalue weighted by Gasteiger charge is -2.19. The zero-order chi connectivity index (χ0) is 14.0. The molecule has 2 unspecified atom stereocenters. The zero-order valence-corrected chi connectivity index (χ0v) is 11.0. The Morgan fingerprint density at radius 2 is 2.11 bits per heavy atom. The third-order valence-corrected chi connectivity index (χ3v) is 3.74. The summed E-state index contributed by atoms with van der Waals surface area (Å²) in [5.41, 5.74) is 6.12. The molecular weight excluding hydrogens is 268 g/mol. The van der Waals surface area contributed by atoms with Gasteiger partial charge in [0, 0.05) is 11.6 Å². The first-order valence-electron chi connectivity index (χ1n) is 6.07. The standard InChI is InChI=1S/C13H15ClN2O3/c14-9-6-7(12(15)17)4-5-11(9)16-10-3-1-2-8(10)13(18)19/h4-6,8,10,16H,1-3H2,(H2,15,17)(H,18,19). The topological polar surface area (TPSA) is 92.4 Å². The van der Waals surface area contributed by atoms with Gasteiger partial charge in [0.25, 0.3) is 0 Å². The van der Waals surface area contributed by atoms with Gasteiger partial charge in [-0.25, -0.2) is 0 Å². The number of carbonyl (C=O) groups excluding carboxylic acids is 1. The first-order valence-corrected chi connectivity index (χ1v) is 6.45. The van der Waals surface area contributed by atoms with Crippen molar-refractivity contribution in [3.05, 3.63) is 28.8 Å². The van der Waals surface area contributed by atoms with Crippen molar-refractivity contribution in [3.63, 3.8) is 0 Å². The quantitative estimate of drug-likeness (QED) is 0.788. The van der Waals surface area contributed by atoms with Gasteiger partial charge in [-0.05, 0) is 31.0 Å². The summed E-state index contributed by atoms with van der Waals surface area (Å²) in [7, 11) is 0. The molecule has 5 nitrogen and oxygen atoms in total. The van der Waals surface area contributed by atoms with Gasteiger partial charge in [0.1, 0.15) is 0 Å². The Morgan fingerprint density at radius 1 is 1.37 bits per heavy atom. The van der Waals surface area contributed by atoms with E-state index in [1.807, 2.05) is 0 Å². The number of aliphatic carboxylic acids is 1. The van der Waals surface area contributed by atoms with Gasteiger partial charge in [-0.1, -0.05) is 18.0 Å². The van der Waals surface area contributed by atoms with Gasteiger partial charge in [-0.3, -0.25) is 9.59 Å². The highest BCUT2D eigenvalue weighted by molar-refractivity contribution is 6.33. The van der Waals surface area contributed by atoms with Gasteiger partial charge in [-0.15, -0.1) is 0 Å². The maximum atomic E-state index is 11.1. The lowest BCUT2D eigenvalue weighted by Crippen LogP contribution is -2.29. The third kappa shape index (κ3) is 2.98. The minimum atomic E-state index is -0.792. The number of anilines is 1. The van der Waals surface area contributed by atoms with Crippen molar-refractivity contribution in [2.45, 2.75) is 25.3 Å². The Labute approximate surface area is 115 Å². The molecule has 1 aromatic carbocycles. The van der Waals surface area contributed by atoms with Crippen LogP contribution in [-0.2, 0) is 4.79 Å². The summed E-state index contributed by atoms with van der Waals surface area (Å²) < 4.78 is 0. The molecule has 1 aliphatic rings. The third-order valence-electron chi connectivity index (χ3n) is 3.43. The molecule has 1 saturated carbocycles. The van der Waals surface area contributed by atoms with Gasteiger partial charge in [-0.2, -0.15) is 0 Å². The average molecular weight is 283 g/mol. The van der Waals surface area contributed by atoms with Gasteiger partial charge in [0.05, 0.1) is 16.6 Å². The van der Waals surface area contributed by atoms with Gasteiger partial charge in [0.2, 0.25) is 5.91 Å². The summed E-state index contributed by atoms with van der Waals surface area (Å²) in [5.74, 6) is -1.73. The maximum absolute atomic E-state index is 11.1. The Kier molecular flexibility index (Phi) is 3.95. The number of benzene rings is 1.